The predicted molar refractivity (Wildman–Crippen MR) is 77.2 cm³/mol. The summed E-state index contributed by atoms with van der Waals surface area (Å²) in [6.07, 6.45) is 9.17. The molecule has 0 aromatic carbocycles. The minimum atomic E-state index is 0.276. The lowest BCUT2D eigenvalue weighted by Gasteiger charge is -2.35. The minimum absolute atomic E-state index is 0.276. The molecule has 2 saturated heterocycles. The number of hydrogen-bond donors (Lipinski definition) is 1. The van der Waals surface area contributed by atoms with E-state index in [0.717, 1.165) is 31.8 Å². The number of rotatable bonds is 4. The third-order valence-electron chi connectivity index (χ3n) is 4.67. The molecule has 1 aromatic heterocycles. The van der Waals surface area contributed by atoms with Crippen LogP contribution >= 0.6 is 0 Å². The molecule has 0 spiro atoms. The van der Waals surface area contributed by atoms with Crippen LogP contribution in [0.25, 0.3) is 0 Å². The zero-order valence-corrected chi connectivity index (χ0v) is 12.0. The minimum Gasteiger partial charge on any atom is -0.343 e. The Balaban J connectivity index is 1.41. The maximum atomic E-state index is 12.2. The monoisotopic (exact) mass is 276 g/mol. The van der Waals surface area contributed by atoms with Gasteiger partial charge in [0, 0.05) is 44.5 Å². The lowest BCUT2D eigenvalue weighted by Crippen LogP contribution is -2.43. The van der Waals surface area contributed by atoms with Crippen LogP contribution < -0.4 is 5.32 Å². The summed E-state index contributed by atoms with van der Waals surface area (Å²) in [4.78, 5) is 14.2. The third-order valence-corrected chi connectivity index (χ3v) is 4.67. The number of nitrogens with one attached hydrogen (secondary N) is 1. The second kappa shape index (κ2) is 6.39. The molecule has 0 saturated carbocycles. The van der Waals surface area contributed by atoms with Gasteiger partial charge in [0.2, 0.25) is 5.91 Å². The number of carbonyl (C=O) groups is 1. The van der Waals surface area contributed by atoms with Crippen LogP contribution in [0.3, 0.4) is 0 Å². The van der Waals surface area contributed by atoms with Crippen molar-refractivity contribution >= 4 is 5.91 Å². The van der Waals surface area contributed by atoms with Gasteiger partial charge in [-0.3, -0.25) is 9.48 Å². The smallest absolute Gasteiger partial charge is 0.224 e. The van der Waals surface area contributed by atoms with Gasteiger partial charge in [0.05, 0.1) is 0 Å². The van der Waals surface area contributed by atoms with E-state index in [4.69, 9.17) is 0 Å². The van der Waals surface area contributed by atoms with E-state index in [1.54, 1.807) is 6.20 Å². The van der Waals surface area contributed by atoms with Crippen molar-refractivity contribution in [2.45, 2.75) is 44.7 Å². The summed E-state index contributed by atoms with van der Waals surface area (Å²) in [6.45, 7) is 3.73. The second-order valence-corrected chi connectivity index (χ2v) is 5.94. The van der Waals surface area contributed by atoms with Gasteiger partial charge in [0.25, 0.3) is 0 Å². The molecular weight excluding hydrogens is 252 g/mol. The highest BCUT2D eigenvalue weighted by Gasteiger charge is 2.29. The molecule has 2 aliphatic heterocycles. The van der Waals surface area contributed by atoms with Crippen LogP contribution in [0.15, 0.2) is 18.5 Å². The van der Waals surface area contributed by atoms with Gasteiger partial charge in [-0.25, -0.2) is 0 Å². The SMILES string of the molecule is O=C(CCn1cccn1)N1CCC(C2CCCN2)CC1. The highest BCUT2D eigenvalue weighted by atomic mass is 16.2. The first-order valence-corrected chi connectivity index (χ1v) is 7.81. The number of likely N-dealkylation sites (tertiary alicyclic amines) is 1. The Labute approximate surface area is 120 Å². The average Bonchev–Trinajstić information content (AvgIpc) is 3.18. The molecule has 1 N–H and O–H groups in total. The van der Waals surface area contributed by atoms with Crippen LogP contribution in [0.4, 0.5) is 0 Å². The number of nitrogens with zero attached hydrogens (tertiary/aromatic N) is 3. The Kier molecular flexibility index (Phi) is 4.35. The lowest BCUT2D eigenvalue weighted by atomic mass is 9.88. The Bertz CT molecular complexity index is 417. The number of aromatic nitrogens is 2. The van der Waals surface area contributed by atoms with Crippen molar-refractivity contribution in [1.29, 1.82) is 0 Å². The Morgan fingerprint density at radius 3 is 2.80 bits per heavy atom. The molecule has 1 amide bonds. The summed E-state index contributed by atoms with van der Waals surface area (Å²) in [5, 5.41) is 7.73. The molecule has 1 atom stereocenters. The Hall–Kier alpha value is -1.36. The van der Waals surface area contributed by atoms with Crippen LogP contribution in [0.2, 0.25) is 0 Å². The molecule has 110 valence electrons. The molecule has 5 nitrogen and oxygen atoms in total. The van der Waals surface area contributed by atoms with E-state index in [1.165, 1.54) is 19.4 Å². The molecule has 20 heavy (non-hydrogen) atoms. The van der Waals surface area contributed by atoms with Crippen molar-refractivity contribution < 1.29 is 4.79 Å². The Morgan fingerprint density at radius 2 is 2.15 bits per heavy atom. The third kappa shape index (κ3) is 3.20. The molecule has 0 aliphatic carbocycles. The highest BCUT2D eigenvalue weighted by molar-refractivity contribution is 5.76. The number of amides is 1. The first kappa shape index (κ1) is 13.6. The summed E-state index contributed by atoms with van der Waals surface area (Å²) in [5.41, 5.74) is 0. The van der Waals surface area contributed by atoms with Gasteiger partial charge in [-0.15, -0.1) is 0 Å². The fourth-order valence-corrected chi connectivity index (χ4v) is 3.47. The van der Waals surface area contributed by atoms with E-state index in [-0.39, 0.29) is 5.91 Å². The van der Waals surface area contributed by atoms with Gasteiger partial charge in [-0.2, -0.15) is 5.10 Å². The van der Waals surface area contributed by atoms with E-state index in [2.05, 4.69) is 10.4 Å². The standard InChI is InChI=1S/C15H24N4O/c20-15(6-12-19-9-2-8-17-19)18-10-4-13(5-11-18)14-3-1-7-16-14/h2,8-9,13-14,16H,1,3-7,10-12H2. The van der Waals surface area contributed by atoms with E-state index < -0.39 is 0 Å². The van der Waals surface area contributed by atoms with E-state index in [9.17, 15) is 4.79 Å². The Morgan fingerprint density at radius 1 is 1.30 bits per heavy atom. The molecule has 3 rings (SSSR count). The van der Waals surface area contributed by atoms with Crippen LogP contribution in [-0.2, 0) is 11.3 Å². The summed E-state index contributed by atoms with van der Waals surface area (Å²) >= 11 is 0. The van der Waals surface area contributed by atoms with E-state index in [0.29, 0.717) is 19.0 Å². The largest absolute Gasteiger partial charge is 0.343 e. The number of carbonyl (C=O) groups excluding carboxylic acids is 1. The van der Waals surface area contributed by atoms with E-state index >= 15 is 0 Å². The predicted octanol–water partition coefficient (Wildman–Crippen LogP) is 1.26. The van der Waals surface area contributed by atoms with Gasteiger partial charge in [-0.05, 0) is 44.2 Å². The zero-order valence-electron chi connectivity index (χ0n) is 12.0. The van der Waals surface area contributed by atoms with Gasteiger partial charge in [-0.1, -0.05) is 0 Å². The van der Waals surface area contributed by atoms with Crippen LogP contribution in [0.1, 0.15) is 32.1 Å². The van der Waals surface area contributed by atoms with Gasteiger partial charge < -0.3 is 10.2 Å². The van der Waals surface area contributed by atoms with Crippen molar-refractivity contribution in [3.05, 3.63) is 18.5 Å². The molecule has 2 fully saturated rings. The van der Waals surface area contributed by atoms with Crippen LogP contribution in [0, 0.1) is 5.92 Å². The van der Waals surface area contributed by atoms with Crippen LogP contribution in [0.5, 0.6) is 0 Å². The average molecular weight is 276 g/mol. The van der Waals surface area contributed by atoms with Gasteiger partial charge in [0.1, 0.15) is 0 Å². The molecule has 3 heterocycles. The second-order valence-electron chi connectivity index (χ2n) is 5.94. The summed E-state index contributed by atoms with van der Waals surface area (Å²) in [7, 11) is 0. The molecule has 1 unspecified atom stereocenters. The zero-order chi connectivity index (χ0) is 13.8. The van der Waals surface area contributed by atoms with E-state index in [1.807, 2.05) is 21.8 Å². The quantitative estimate of drug-likeness (QED) is 0.901. The molecular formula is C15H24N4O. The number of hydrogen-bond acceptors (Lipinski definition) is 3. The fourth-order valence-electron chi connectivity index (χ4n) is 3.47. The van der Waals surface area contributed by atoms with Crippen molar-refractivity contribution in [2.75, 3.05) is 19.6 Å². The van der Waals surface area contributed by atoms with Crippen molar-refractivity contribution in [3.63, 3.8) is 0 Å². The lowest BCUT2D eigenvalue weighted by molar-refractivity contribution is -0.133. The molecule has 0 radical (unpaired) electrons. The summed E-state index contributed by atoms with van der Waals surface area (Å²) in [6, 6.07) is 2.60. The van der Waals surface area contributed by atoms with Crippen molar-refractivity contribution in [1.82, 2.24) is 20.0 Å². The van der Waals surface area contributed by atoms with Crippen molar-refractivity contribution in [2.24, 2.45) is 5.92 Å². The highest BCUT2D eigenvalue weighted by Crippen LogP contribution is 2.25. The number of piperidine rings is 1. The fraction of sp³-hybridized carbons (Fsp3) is 0.733. The topological polar surface area (TPSA) is 50.2 Å². The molecule has 5 heteroatoms. The van der Waals surface area contributed by atoms with Crippen molar-refractivity contribution in [3.8, 4) is 0 Å². The molecule has 0 bridgehead atoms. The summed E-state index contributed by atoms with van der Waals surface area (Å²) in [5.74, 6) is 1.05. The van der Waals surface area contributed by atoms with Crippen LogP contribution in [-0.4, -0.2) is 46.3 Å². The summed E-state index contributed by atoms with van der Waals surface area (Å²) < 4.78 is 1.83. The molecule has 2 aliphatic rings. The first-order valence-electron chi connectivity index (χ1n) is 7.81. The molecule has 1 aromatic rings. The number of aryl methyl sites for hydroxylation is 1. The van der Waals surface area contributed by atoms with Gasteiger partial charge in [0.15, 0.2) is 0 Å². The normalized spacial score (nSPS) is 24.2. The van der Waals surface area contributed by atoms with Gasteiger partial charge >= 0.3 is 0 Å². The first-order chi connectivity index (χ1) is 9.83. The maximum Gasteiger partial charge on any atom is 0.224 e. The maximum absolute atomic E-state index is 12.2.